The van der Waals surface area contributed by atoms with E-state index in [0.29, 0.717) is 24.8 Å². The van der Waals surface area contributed by atoms with E-state index in [4.69, 9.17) is 15.2 Å². The molecule has 0 amide bonds. The van der Waals surface area contributed by atoms with E-state index in [1.807, 2.05) is 37.3 Å². The van der Waals surface area contributed by atoms with E-state index >= 15 is 0 Å². The van der Waals surface area contributed by atoms with Gasteiger partial charge in [0.15, 0.2) is 0 Å². The Balaban J connectivity index is 1.85. The molecule has 0 aliphatic carbocycles. The van der Waals surface area contributed by atoms with Gasteiger partial charge in [-0.2, -0.15) is 0 Å². The Morgan fingerprint density at radius 1 is 1.16 bits per heavy atom. The third-order valence-corrected chi connectivity index (χ3v) is 3.54. The number of aromatic nitrogens is 1. The number of ether oxygens (including phenoxy) is 2. The molecule has 0 saturated carbocycles. The fraction of sp³-hybridized carbons (Fsp3) is 0.214. The Kier molecular flexibility index (Phi) is 4.63. The summed E-state index contributed by atoms with van der Waals surface area (Å²) in [6.07, 6.45) is 1.59. The van der Waals surface area contributed by atoms with Crippen molar-refractivity contribution in [1.29, 1.82) is 0 Å². The SMILES string of the molecule is Cc1c(N)cnc(OCCOc2ccccc2)c1Br. The van der Waals surface area contributed by atoms with Gasteiger partial charge in [-0.25, -0.2) is 4.98 Å². The number of para-hydroxylation sites is 1. The number of nitrogens with zero attached hydrogens (tertiary/aromatic N) is 1. The summed E-state index contributed by atoms with van der Waals surface area (Å²) in [6.45, 7) is 2.79. The lowest BCUT2D eigenvalue weighted by molar-refractivity contribution is 0.211. The first-order valence-electron chi connectivity index (χ1n) is 5.89. The summed E-state index contributed by atoms with van der Waals surface area (Å²) < 4.78 is 11.9. The van der Waals surface area contributed by atoms with Crippen LogP contribution in [-0.2, 0) is 0 Å². The molecule has 100 valence electrons. The van der Waals surface area contributed by atoms with Crippen LogP contribution in [-0.4, -0.2) is 18.2 Å². The number of anilines is 1. The average Bonchev–Trinajstić information content (AvgIpc) is 2.44. The Morgan fingerprint density at radius 2 is 1.84 bits per heavy atom. The van der Waals surface area contributed by atoms with Gasteiger partial charge in [-0.3, -0.25) is 0 Å². The zero-order valence-corrected chi connectivity index (χ0v) is 12.2. The van der Waals surface area contributed by atoms with Crippen molar-refractivity contribution >= 4 is 21.6 Å². The van der Waals surface area contributed by atoms with Crippen LogP contribution >= 0.6 is 15.9 Å². The summed E-state index contributed by atoms with van der Waals surface area (Å²) in [5.74, 6) is 1.36. The number of nitrogens with two attached hydrogens (primary N) is 1. The van der Waals surface area contributed by atoms with Crippen molar-refractivity contribution in [2.24, 2.45) is 0 Å². The third-order valence-electron chi connectivity index (χ3n) is 2.60. The lowest BCUT2D eigenvalue weighted by Gasteiger charge is -2.11. The molecule has 0 fully saturated rings. The van der Waals surface area contributed by atoms with Gasteiger partial charge >= 0.3 is 0 Å². The van der Waals surface area contributed by atoms with Crippen molar-refractivity contribution < 1.29 is 9.47 Å². The van der Waals surface area contributed by atoms with E-state index in [2.05, 4.69) is 20.9 Å². The van der Waals surface area contributed by atoms with E-state index < -0.39 is 0 Å². The molecule has 0 bridgehead atoms. The molecule has 4 nitrogen and oxygen atoms in total. The first-order valence-corrected chi connectivity index (χ1v) is 6.69. The van der Waals surface area contributed by atoms with Gasteiger partial charge in [0.2, 0.25) is 5.88 Å². The topological polar surface area (TPSA) is 57.4 Å². The molecular formula is C14H15BrN2O2. The summed E-state index contributed by atoms with van der Waals surface area (Å²) in [4.78, 5) is 4.13. The maximum atomic E-state index is 5.75. The quantitative estimate of drug-likeness (QED) is 0.859. The van der Waals surface area contributed by atoms with Gasteiger partial charge in [0.05, 0.1) is 16.4 Å². The lowest BCUT2D eigenvalue weighted by atomic mass is 10.2. The summed E-state index contributed by atoms with van der Waals surface area (Å²) in [5.41, 5.74) is 7.31. The standard InChI is InChI=1S/C14H15BrN2O2/c1-10-12(16)9-17-14(13(10)15)19-8-7-18-11-5-3-2-4-6-11/h2-6,9H,7-8,16H2,1H3. The van der Waals surface area contributed by atoms with E-state index in [9.17, 15) is 0 Å². The molecule has 2 N–H and O–H groups in total. The van der Waals surface area contributed by atoms with Crippen molar-refractivity contribution in [3.63, 3.8) is 0 Å². The fourth-order valence-corrected chi connectivity index (χ4v) is 1.93. The van der Waals surface area contributed by atoms with Gasteiger partial charge in [-0.15, -0.1) is 0 Å². The van der Waals surface area contributed by atoms with E-state index in [0.717, 1.165) is 15.8 Å². The molecule has 0 radical (unpaired) electrons. The predicted molar refractivity (Wildman–Crippen MR) is 78.5 cm³/mol. The highest BCUT2D eigenvalue weighted by atomic mass is 79.9. The van der Waals surface area contributed by atoms with Gasteiger partial charge in [-0.1, -0.05) is 18.2 Å². The third kappa shape index (κ3) is 3.61. The predicted octanol–water partition coefficient (Wildman–Crippen LogP) is 3.19. The smallest absolute Gasteiger partial charge is 0.228 e. The van der Waals surface area contributed by atoms with E-state index in [1.165, 1.54) is 0 Å². The minimum Gasteiger partial charge on any atom is -0.490 e. The summed E-state index contributed by atoms with van der Waals surface area (Å²) >= 11 is 3.42. The van der Waals surface area contributed by atoms with Crippen LogP contribution in [0.4, 0.5) is 5.69 Å². The first-order chi connectivity index (χ1) is 9.18. The van der Waals surface area contributed by atoms with Crippen LogP contribution in [0.15, 0.2) is 41.0 Å². The molecule has 2 aromatic rings. The second-order valence-corrected chi connectivity index (χ2v) is 4.76. The zero-order chi connectivity index (χ0) is 13.7. The molecule has 2 rings (SSSR count). The van der Waals surface area contributed by atoms with E-state index in [-0.39, 0.29) is 0 Å². The second-order valence-electron chi connectivity index (χ2n) is 3.97. The summed E-state index contributed by atoms with van der Waals surface area (Å²) in [6, 6.07) is 9.61. The lowest BCUT2D eigenvalue weighted by Crippen LogP contribution is -2.10. The van der Waals surface area contributed by atoms with Crippen LogP contribution in [0, 0.1) is 6.92 Å². The normalized spacial score (nSPS) is 10.2. The molecule has 1 aromatic carbocycles. The summed E-state index contributed by atoms with van der Waals surface area (Å²) in [5, 5.41) is 0. The number of benzene rings is 1. The maximum Gasteiger partial charge on any atom is 0.228 e. The molecule has 0 atom stereocenters. The van der Waals surface area contributed by atoms with Crippen LogP contribution in [0.5, 0.6) is 11.6 Å². The molecule has 0 spiro atoms. The monoisotopic (exact) mass is 322 g/mol. The highest BCUT2D eigenvalue weighted by Gasteiger charge is 2.08. The van der Waals surface area contributed by atoms with Crippen LogP contribution in [0.2, 0.25) is 0 Å². The maximum absolute atomic E-state index is 5.75. The fourth-order valence-electron chi connectivity index (χ4n) is 1.48. The Labute approximate surface area is 120 Å². The van der Waals surface area contributed by atoms with Crippen molar-refractivity contribution in [2.45, 2.75) is 6.92 Å². The van der Waals surface area contributed by atoms with Gasteiger partial charge < -0.3 is 15.2 Å². The molecule has 1 heterocycles. The minimum absolute atomic E-state index is 0.420. The van der Waals surface area contributed by atoms with Crippen molar-refractivity contribution in [2.75, 3.05) is 18.9 Å². The molecule has 0 aliphatic heterocycles. The number of pyridine rings is 1. The van der Waals surface area contributed by atoms with Crippen molar-refractivity contribution in [3.8, 4) is 11.6 Å². The number of hydrogen-bond donors (Lipinski definition) is 1. The van der Waals surface area contributed by atoms with Crippen LogP contribution in [0.25, 0.3) is 0 Å². The molecule has 0 saturated heterocycles. The average molecular weight is 323 g/mol. The highest BCUT2D eigenvalue weighted by Crippen LogP contribution is 2.29. The first kappa shape index (κ1) is 13.7. The van der Waals surface area contributed by atoms with Crippen molar-refractivity contribution in [1.82, 2.24) is 4.98 Å². The number of rotatable bonds is 5. The zero-order valence-electron chi connectivity index (χ0n) is 10.6. The van der Waals surface area contributed by atoms with Gasteiger partial charge in [0.25, 0.3) is 0 Å². The molecule has 1 aromatic heterocycles. The minimum atomic E-state index is 0.420. The van der Waals surface area contributed by atoms with Crippen LogP contribution < -0.4 is 15.2 Å². The molecule has 19 heavy (non-hydrogen) atoms. The van der Waals surface area contributed by atoms with Gasteiger partial charge in [0, 0.05) is 0 Å². The second kappa shape index (κ2) is 6.43. The molecule has 0 aliphatic rings. The van der Waals surface area contributed by atoms with Gasteiger partial charge in [-0.05, 0) is 40.5 Å². The molecule has 0 unspecified atom stereocenters. The number of hydrogen-bond acceptors (Lipinski definition) is 4. The van der Waals surface area contributed by atoms with Gasteiger partial charge in [0.1, 0.15) is 19.0 Å². The highest BCUT2D eigenvalue weighted by molar-refractivity contribution is 9.10. The molecule has 5 heteroatoms. The van der Waals surface area contributed by atoms with E-state index in [1.54, 1.807) is 6.20 Å². The number of nitrogen functional groups attached to an aromatic ring is 1. The number of halogens is 1. The molecular weight excluding hydrogens is 308 g/mol. The van der Waals surface area contributed by atoms with Crippen LogP contribution in [0.1, 0.15) is 5.56 Å². The Bertz CT molecular complexity index is 547. The van der Waals surface area contributed by atoms with Crippen molar-refractivity contribution in [3.05, 3.63) is 46.6 Å². The largest absolute Gasteiger partial charge is 0.490 e. The Morgan fingerprint density at radius 3 is 2.58 bits per heavy atom. The summed E-state index contributed by atoms with van der Waals surface area (Å²) in [7, 11) is 0. The van der Waals surface area contributed by atoms with Crippen LogP contribution in [0.3, 0.4) is 0 Å². The Hall–Kier alpha value is -1.75.